The van der Waals surface area contributed by atoms with Crippen LogP contribution in [0.3, 0.4) is 0 Å². The van der Waals surface area contributed by atoms with Crippen molar-refractivity contribution in [3.05, 3.63) is 131 Å². The molecule has 11 heteroatoms. The van der Waals surface area contributed by atoms with Crippen LogP contribution in [0.5, 0.6) is 0 Å². The number of pyridine rings is 2. The molecule has 0 unspecified atom stereocenters. The molecule has 0 radical (unpaired) electrons. The van der Waals surface area contributed by atoms with Gasteiger partial charge in [-0.1, -0.05) is 48.5 Å². The second kappa shape index (κ2) is 19.3. The number of carbonyl (C=O) groups excluding carboxylic acids is 3. The Hall–Kier alpha value is -4.71. The molecule has 2 aromatic carbocycles. The predicted octanol–water partition coefficient (Wildman–Crippen LogP) is 8.38. The van der Waals surface area contributed by atoms with E-state index in [9.17, 15) is 23.2 Å². The van der Waals surface area contributed by atoms with Crippen LogP contribution in [0.15, 0.2) is 97.5 Å². The number of hydrogen-bond acceptors (Lipinski definition) is 8. The van der Waals surface area contributed by atoms with Crippen LogP contribution in [-0.2, 0) is 17.8 Å². The Balaban J connectivity index is 0.979. The monoisotopic (exact) mass is 816 g/mol. The lowest BCUT2D eigenvalue weighted by Gasteiger charge is -2.45. The summed E-state index contributed by atoms with van der Waals surface area (Å²) in [5.41, 5.74) is 5.81. The number of hydrogen-bond donors (Lipinski definition) is 0. The van der Waals surface area contributed by atoms with Crippen molar-refractivity contribution in [2.75, 3.05) is 45.8 Å². The minimum absolute atomic E-state index is 0.0258. The van der Waals surface area contributed by atoms with E-state index in [1.54, 1.807) is 24.3 Å². The van der Waals surface area contributed by atoms with Gasteiger partial charge < -0.3 is 4.90 Å². The van der Waals surface area contributed by atoms with Crippen LogP contribution in [-0.4, -0.2) is 105 Å². The lowest BCUT2D eigenvalue weighted by molar-refractivity contribution is -0.127. The molecule has 0 N–H and O–H groups in total. The average Bonchev–Trinajstić information content (AvgIpc) is 3.52. The summed E-state index contributed by atoms with van der Waals surface area (Å²) in [4.78, 5) is 58.4. The molecule has 8 rings (SSSR count). The minimum atomic E-state index is -2.65. The highest BCUT2D eigenvalue weighted by atomic mass is 19.3. The summed E-state index contributed by atoms with van der Waals surface area (Å²) in [5.74, 6) is -3.19. The molecular formula is C49H58F2N6O3. The number of fused-ring (bicyclic) bond motifs is 2. The second-order valence-electron chi connectivity index (χ2n) is 17.4. The fraction of sp³-hybridized carbons (Fsp3) is 0.490. The third-order valence-corrected chi connectivity index (χ3v) is 13.5. The SMILES string of the molecule is O=C(C[C@@H](CCN1CCN(Cc2ccncc2)[C@@H](CN(CCCCN2C(=O)c3ccccc3C2=O)[C@H]2CCCc3cccnc32)C1)c1ccccc1)C1CCC(F)(F)CC1. The number of aryl methyl sites for hydroxylation is 1. The molecule has 4 heterocycles. The average molecular weight is 817 g/mol. The molecule has 1 saturated heterocycles. The molecule has 60 heavy (non-hydrogen) atoms. The maximum absolute atomic E-state index is 14.0. The zero-order valence-electron chi connectivity index (χ0n) is 34.6. The molecule has 2 aliphatic heterocycles. The van der Waals surface area contributed by atoms with Crippen LogP contribution in [0.25, 0.3) is 0 Å². The third kappa shape index (κ3) is 10.1. The van der Waals surface area contributed by atoms with Gasteiger partial charge in [-0.3, -0.25) is 39.1 Å². The van der Waals surface area contributed by atoms with Gasteiger partial charge in [-0.15, -0.1) is 0 Å². The number of benzene rings is 2. The van der Waals surface area contributed by atoms with Gasteiger partial charge in [0.25, 0.3) is 11.8 Å². The van der Waals surface area contributed by atoms with E-state index < -0.39 is 5.92 Å². The Bertz CT molecular complexity index is 2040. The van der Waals surface area contributed by atoms with E-state index in [0.717, 1.165) is 89.2 Å². The van der Waals surface area contributed by atoms with Crippen molar-refractivity contribution in [3.63, 3.8) is 0 Å². The van der Waals surface area contributed by atoms with Crippen molar-refractivity contribution in [1.82, 2.24) is 29.6 Å². The van der Waals surface area contributed by atoms with Gasteiger partial charge in [-0.05, 0) is 117 Å². The van der Waals surface area contributed by atoms with Crippen LogP contribution in [0.2, 0.25) is 0 Å². The molecule has 9 nitrogen and oxygen atoms in total. The van der Waals surface area contributed by atoms with E-state index in [1.165, 1.54) is 16.0 Å². The highest BCUT2D eigenvalue weighted by molar-refractivity contribution is 6.21. The van der Waals surface area contributed by atoms with Crippen molar-refractivity contribution >= 4 is 17.6 Å². The van der Waals surface area contributed by atoms with E-state index in [0.29, 0.717) is 30.5 Å². The quantitative estimate of drug-likeness (QED) is 0.0777. The highest BCUT2D eigenvalue weighted by Gasteiger charge is 2.39. The van der Waals surface area contributed by atoms with Gasteiger partial charge in [-0.25, -0.2) is 8.78 Å². The van der Waals surface area contributed by atoms with Crippen LogP contribution in [0, 0.1) is 5.92 Å². The lowest BCUT2D eigenvalue weighted by atomic mass is 9.79. The first-order valence-corrected chi connectivity index (χ1v) is 22.2. The van der Waals surface area contributed by atoms with Gasteiger partial charge in [0, 0.05) is 89.1 Å². The third-order valence-electron chi connectivity index (χ3n) is 13.5. The molecule has 2 fully saturated rings. The lowest BCUT2D eigenvalue weighted by Crippen LogP contribution is -2.57. The Morgan fingerprint density at radius 1 is 0.833 bits per heavy atom. The van der Waals surface area contributed by atoms with Crippen molar-refractivity contribution in [3.8, 4) is 0 Å². The maximum Gasteiger partial charge on any atom is 0.261 e. The zero-order valence-corrected chi connectivity index (χ0v) is 34.6. The summed E-state index contributed by atoms with van der Waals surface area (Å²) in [7, 11) is 0. The van der Waals surface area contributed by atoms with Gasteiger partial charge in [0.05, 0.1) is 22.9 Å². The fourth-order valence-electron chi connectivity index (χ4n) is 10.1. The predicted molar refractivity (Wildman–Crippen MR) is 228 cm³/mol. The number of aromatic nitrogens is 2. The Kier molecular flexibility index (Phi) is 13.5. The smallest absolute Gasteiger partial charge is 0.261 e. The van der Waals surface area contributed by atoms with Gasteiger partial charge in [0.2, 0.25) is 5.92 Å². The first-order valence-electron chi connectivity index (χ1n) is 22.2. The molecular weight excluding hydrogens is 759 g/mol. The molecule has 4 aromatic rings. The molecule has 1 saturated carbocycles. The molecule has 3 atom stereocenters. The summed E-state index contributed by atoms with van der Waals surface area (Å²) in [6.07, 6.45) is 11.7. The number of rotatable bonds is 17. The number of amides is 2. The number of imide groups is 1. The maximum atomic E-state index is 14.0. The first kappa shape index (κ1) is 42.0. The van der Waals surface area contributed by atoms with E-state index in [4.69, 9.17) is 4.98 Å². The molecule has 0 bridgehead atoms. The topological polar surface area (TPSA) is 90.0 Å². The first-order chi connectivity index (χ1) is 29.2. The highest BCUT2D eigenvalue weighted by Crippen LogP contribution is 2.39. The van der Waals surface area contributed by atoms with Crippen molar-refractivity contribution in [2.24, 2.45) is 5.92 Å². The molecule has 316 valence electrons. The molecule has 2 aliphatic carbocycles. The molecule has 2 amide bonds. The Labute approximate surface area is 353 Å². The normalized spacial score (nSPS) is 21.6. The number of ketones is 1. The van der Waals surface area contributed by atoms with Gasteiger partial charge in [0.15, 0.2) is 0 Å². The summed E-state index contributed by atoms with van der Waals surface area (Å²) < 4.78 is 28.0. The number of Topliss-reactive ketones (excluding diaryl/α,β-unsaturated/α-hetero) is 1. The summed E-state index contributed by atoms with van der Waals surface area (Å²) >= 11 is 0. The van der Waals surface area contributed by atoms with Gasteiger partial charge >= 0.3 is 0 Å². The van der Waals surface area contributed by atoms with Crippen LogP contribution < -0.4 is 0 Å². The number of carbonyl (C=O) groups is 3. The van der Waals surface area contributed by atoms with Gasteiger partial charge in [-0.2, -0.15) is 0 Å². The van der Waals surface area contributed by atoms with Crippen molar-refractivity contribution in [2.45, 2.75) is 101 Å². The molecule has 2 aromatic heterocycles. The van der Waals surface area contributed by atoms with Crippen molar-refractivity contribution < 1.29 is 23.2 Å². The number of nitrogens with zero attached hydrogens (tertiary/aromatic N) is 6. The van der Waals surface area contributed by atoms with Gasteiger partial charge in [0.1, 0.15) is 5.78 Å². The standard InChI is InChI=1S/C49H58F2N6O3/c50-49(51)22-17-38(18-23-49)45(58)32-40(37-10-2-1-3-11-37)21-29-54-30-31-55(33-36-19-25-52-26-20-36)41(34-54)35-56(44-16-8-12-39-13-9-24-53-46(39)44)27-6-7-28-57-47(59)42-14-4-5-15-43(42)48(57)60/h1-5,9-11,13-15,19-20,24-26,38,40-41,44H,6-8,12,16-18,21-23,27-35H2/t40-,41-,44+/m1/s1. The fourth-order valence-corrected chi connectivity index (χ4v) is 10.1. The van der Waals surface area contributed by atoms with Crippen LogP contribution >= 0.6 is 0 Å². The summed E-state index contributed by atoms with van der Waals surface area (Å²) in [6, 6.07) is 26.1. The Morgan fingerprint density at radius 3 is 2.32 bits per heavy atom. The number of piperazine rings is 1. The van der Waals surface area contributed by atoms with E-state index >= 15 is 0 Å². The van der Waals surface area contributed by atoms with Crippen molar-refractivity contribution in [1.29, 1.82) is 0 Å². The number of unbranched alkanes of at least 4 members (excludes halogenated alkanes) is 1. The second-order valence-corrected chi connectivity index (χ2v) is 17.4. The minimum Gasteiger partial charge on any atom is -0.300 e. The van der Waals surface area contributed by atoms with E-state index in [1.807, 2.05) is 42.9 Å². The number of alkyl halides is 2. The Morgan fingerprint density at radius 2 is 1.57 bits per heavy atom. The number of halogens is 2. The largest absolute Gasteiger partial charge is 0.300 e. The molecule has 0 spiro atoms. The van der Waals surface area contributed by atoms with Crippen LogP contribution in [0.1, 0.15) is 119 Å². The van der Waals surface area contributed by atoms with E-state index in [2.05, 4.69) is 50.0 Å². The van der Waals surface area contributed by atoms with Crippen LogP contribution in [0.4, 0.5) is 8.78 Å². The summed E-state index contributed by atoms with van der Waals surface area (Å²) in [6.45, 7) is 6.36. The van der Waals surface area contributed by atoms with E-state index in [-0.39, 0.29) is 67.2 Å². The molecule has 4 aliphatic rings. The zero-order chi connectivity index (χ0) is 41.5. The summed E-state index contributed by atoms with van der Waals surface area (Å²) in [5, 5.41) is 0.